The Morgan fingerprint density at radius 1 is 0.286 bits per heavy atom. The molecular weight excluding hydrogens is 1280 g/mol. The highest BCUT2D eigenvalue weighted by molar-refractivity contribution is 7.47. The summed E-state index contributed by atoms with van der Waals surface area (Å²) in [4.78, 5) is 73.0. The van der Waals surface area contributed by atoms with Crippen LogP contribution in [-0.4, -0.2) is 96.7 Å². The second-order valence-electron chi connectivity index (χ2n) is 29.7. The number of phosphoric acid groups is 2. The fraction of sp³-hybridized carbons (Fsp3) is 0.949. The first kappa shape index (κ1) is 96.1. The zero-order valence-electron chi connectivity index (χ0n) is 64.4. The summed E-state index contributed by atoms with van der Waals surface area (Å²) in [6.07, 6.45) is 53.8. The molecule has 0 amide bonds. The Hall–Kier alpha value is -1.94. The van der Waals surface area contributed by atoms with Crippen molar-refractivity contribution < 1.29 is 80.2 Å². The quantitative estimate of drug-likeness (QED) is 0.0222. The monoisotopic (exact) mass is 1440 g/mol. The smallest absolute Gasteiger partial charge is 0.462 e. The van der Waals surface area contributed by atoms with Crippen LogP contribution in [0.5, 0.6) is 0 Å². The zero-order chi connectivity index (χ0) is 72.4. The van der Waals surface area contributed by atoms with E-state index >= 15 is 0 Å². The van der Waals surface area contributed by atoms with Crippen LogP contribution in [0.15, 0.2) is 0 Å². The van der Waals surface area contributed by atoms with Gasteiger partial charge in [0.05, 0.1) is 26.4 Å². The van der Waals surface area contributed by atoms with Gasteiger partial charge in [0.1, 0.15) is 19.3 Å². The lowest BCUT2D eigenvalue weighted by Crippen LogP contribution is -2.30. The van der Waals surface area contributed by atoms with Crippen LogP contribution < -0.4 is 0 Å². The van der Waals surface area contributed by atoms with Crippen molar-refractivity contribution in [2.45, 2.75) is 420 Å². The first-order chi connectivity index (χ1) is 47.2. The molecule has 0 aromatic heterocycles. The number of aliphatic hydroxyl groups is 1. The molecule has 0 heterocycles. The summed E-state index contributed by atoms with van der Waals surface area (Å²) in [6.45, 7) is 14.3. The molecule has 0 aliphatic rings. The number of hydrogen-bond acceptors (Lipinski definition) is 15. The minimum Gasteiger partial charge on any atom is -0.462 e. The summed E-state index contributed by atoms with van der Waals surface area (Å²) in [6, 6.07) is 0. The fourth-order valence-electron chi connectivity index (χ4n) is 12.0. The highest BCUT2D eigenvalue weighted by Gasteiger charge is 2.30. The van der Waals surface area contributed by atoms with Crippen molar-refractivity contribution in [1.29, 1.82) is 0 Å². The highest BCUT2D eigenvalue weighted by atomic mass is 31.2. The number of unbranched alkanes of at least 4 members (excludes halogenated alkanes) is 39. The number of carbonyl (C=O) groups is 4. The van der Waals surface area contributed by atoms with Gasteiger partial charge in [0.25, 0.3) is 0 Å². The normalized spacial score (nSPS) is 14.9. The van der Waals surface area contributed by atoms with Crippen molar-refractivity contribution in [3.8, 4) is 0 Å². The molecule has 0 bridgehead atoms. The van der Waals surface area contributed by atoms with Gasteiger partial charge in [-0.1, -0.05) is 351 Å². The third-order valence-electron chi connectivity index (χ3n) is 19.4. The van der Waals surface area contributed by atoms with Gasteiger partial charge in [-0.05, 0) is 49.4 Å². The molecule has 0 rings (SSSR count). The third kappa shape index (κ3) is 68.5. The van der Waals surface area contributed by atoms with Crippen LogP contribution in [-0.2, 0) is 65.4 Å². The maximum Gasteiger partial charge on any atom is 0.472 e. The lowest BCUT2D eigenvalue weighted by Gasteiger charge is -2.21. The van der Waals surface area contributed by atoms with E-state index in [1.54, 1.807) is 0 Å². The van der Waals surface area contributed by atoms with E-state index in [2.05, 4.69) is 55.4 Å². The second-order valence-corrected chi connectivity index (χ2v) is 32.6. The molecule has 0 aromatic rings. The minimum absolute atomic E-state index is 0.105. The summed E-state index contributed by atoms with van der Waals surface area (Å²) < 4.78 is 68.7. The predicted molar refractivity (Wildman–Crippen MR) is 400 cm³/mol. The standard InChI is InChI=1S/C79H154O17P2/c1-9-70(6)56-48-40-32-24-18-14-12-13-15-19-27-37-45-53-61-78(83)95-74(65-89-76(81)59-51-43-35-26-20-16-17-23-31-39-47-55-69(4)5)67-93-97(85,86)91-63-73(80)64-92-98(87,88)94-68-75(66-90-77(82)60-52-44-36-30-29-34-42-50-58-72(8)11-3)96-79(84)62-54-46-38-28-22-21-25-33-41-49-57-71(7)10-2/h69-75,80H,9-68H2,1-8H3,(H,85,86)(H,87,88)/t70?,71?,72?,73-,74-,75-/m1/s1. The van der Waals surface area contributed by atoms with Gasteiger partial charge in [0.2, 0.25) is 0 Å². The molecule has 582 valence electrons. The van der Waals surface area contributed by atoms with Crippen LogP contribution in [0.3, 0.4) is 0 Å². The molecule has 0 fully saturated rings. The average molecular weight is 1440 g/mol. The van der Waals surface area contributed by atoms with Crippen molar-refractivity contribution >= 4 is 39.5 Å². The van der Waals surface area contributed by atoms with Crippen LogP contribution in [0.2, 0.25) is 0 Å². The number of hydrogen-bond donors (Lipinski definition) is 3. The van der Waals surface area contributed by atoms with Crippen LogP contribution in [0, 0.1) is 23.7 Å². The molecule has 3 N–H and O–H groups in total. The number of ether oxygens (including phenoxy) is 4. The molecule has 0 spiro atoms. The largest absolute Gasteiger partial charge is 0.472 e. The summed E-state index contributed by atoms with van der Waals surface area (Å²) in [7, 11) is -9.92. The van der Waals surface area contributed by atoms with Crippen LogP contribution in [0.1, 0.15) is 402 Å². The van der Waals surface area contributed by atoms with Gasteiger partial charge in [-0.25, -0.2) is 9.13 Å². The molecule has 0 aliphatic heterocycles. The highest BCUT2D eigenvalue weighted by Crippen LogP contribution is 2.45. The van der Waals surface area contributed by atoms with Gasteiger partial charge in [0, 0.05) is 25.7 Å². The Balaban J connectivity index is 5.28. The van der Waals surface area contributed by atoms with E-state index in [9.17, 15) is 43.2 Å². The lowest BCUT2D eigenvalue weighted by molar-refractivity contribution is -0.161. The van der Waals surface area contributed by atoms with Crippen LogP contribution >= 0.6 is 15.6 Å². The summed E-state index contributed by atoms with van der Waals surface area (Å²) >= 11 is 0. The van der Waals surface area contributed by atoms with E-state index < -0.39 is 97.5 Å². The van der Waals surface area contributed by atoms with Gasteiger partial charge < -0.3 is 33.8 Å². The average Bonchev–Trinajstić information content (AvgIpc) is 0.932. The van der Waals surface area contributed by atoms with Crippen molar-refractivity contribution in [2.24, 2.45) is 23.7 Å². The van der Waals surface area contributed by atoms with Gasteiger partial charge in [-0.15, -0.1) is 0 Å². The summed E-state index contributed by atoms with van der Waals surface area (Å²) in [5.41, 5.74) is 0. The summed E-state index contributed by atoms with van der Waals surface area (Å²) in [5, 5.41) is 10.6. The Morgan fingerprint density at radius 3 is 0.724 bits per heavy atom. The summed E-state index contributed by atoms with van der Waals surface area (Å²) in [5.74, 6) is 1.08. The van der Waals surface area contributed by atoms with Crippen molar-refractivity contribution in [3.63, 3.8) is 0 Å². The molecule has 0 saturated heterocycles. The molecular formula is C79H154O17P2. The zero-order valence-corrected chi connectivity index (χ0v) is 66.2. The lowest BCUT2D eigenvalue weighted by atomic mass is 9.99. The van der Waals surface area contributed by atoms with Crippen LogP contribution in [0.25, 0.3) is 0 Å². The van der Waals surface area contributed by atoms with Gasteiger partial charge in [-0.3, -0.25) is 37.3 Å². The number of aliphatic hydroxyl groups excluding tert-OH is 1. The third-order valence-corrected chi connectivity index (χ3v) is 21.3. The molecule has 0 aliphatic carbocycles. The van der Waals surface area contributed by atoms with Crippen molar-refractivity contribution in [1.82, 2.24) is 0 Å². The number of carbonyl (C=O) groups excluding carboxylic acids is 4. The number of phosphoric ester groups is 2. The molecule has 0 aromatic carbocycles. The Morgan fingerprint density at radius 2 is 0.490 bits per heavy atom. The first-order valence-corrected chi connectivity index (χ1v) is 43.8. The van der Waals surface area contributed by atoms with Gasteiger partial charge in [0.15, 0.2) is 12.2 Å². The second kappa shape index (κ2) is 68.2. The van der Waals surface area contributed by atoms with E-state index in [0.717, 1.165) is 114 Å². The van der Waals surface area contributed by atoms with Crippen molar-refractivity contribution in [2.75, 3.05) is 39.6 Å². The molecule has 0 saturated carbocycles. The molecule has 19 heteroatoms. The van der Waals surface area contributed by atoms with Crippen molar-refractivity contribution in [3.05, 3.63) is 0 Å². The van der Waals surface area contributed by atoms with E-state index in [1.165, 1.54) is 205 Å². The number of esters is 4. The number of rotatable bonds is 76. The maximum atomic E-state index is 13.1. The minimum atomic E-state index is -4.96. The molecule has 5 unspecified atom stereocenters. The Kier molecular flexibility index (Phi) is 66.8. The maximum absolute atomic E-state index is 13.1. The first-order valence-electron chi connectivity index (χ1n) is 40.8. The van der Waals surface area contributed by atoms with E-state index in [0.29, 0.717) is 25.7 Å². The van der Waals surface area contributed by atoms with E-state index in [4.69, 9.17) is 37.0 Å². The molecule has 8 atom stereocenters. The molecule has 17 nitrogen and oxygen atoms in total. The van der Waals surface area contributed by atoms with Gasteiger partial charge in [-0.2, -0.15) is 0 Å². The van der Waals surface area contributed by atoms with E-state index in [1.807, 2.05) is 0 Å². The van der Waals surface area contributed by atoms with Crippen LogP contribution in [0.4, 0.5) is 0 Å². The topological polar surface area (TPSA) is 237 Å². The SMILES string of the molecule is CCC(C)CCCCCCCCCCCCCCCCC(=O)O[C@H](COC(=O)CCCCCCCCCCCCCC(C)C)COP(=O)(O)OC[C@@H](O)COP(=O)(O)OC[C@@H](COC(=O)CCCCCCCCCCC(C)CC)OC(=O)CCCCCCCCCCCCC(C)CC. The van der Waals surface area contributed by atoms with Gasteiger partial charge >= 0.3 is 39.5 Å². The Labute approximate surface area is 600 Å². The Bertz CT molecular complexity index is 1930. The molecule has 98 heavy (non-hydrogen) atoms. The fourth-order valence-corrected chi connectivity index (χ4v) is 13.6. The predicted octanol–water partition coefficient (Wildman–Crippen LogP) is 23.2. The van der Waals surface area contributed by atoms with E-state index in [-0.39, 0.29) is 25.7 Å². The molecule has 0 radical (unpaired) electrons.